The zero-order valence-electron chi connectivity index (χ0n) is 13.9. The number of hydrazone groups is 1. The van der Waals surface area contributed by atoms with Crippen LogP contribution in [0.1, 0.15) is 44.0 Å². The summed E-state index contributed by atoms with van der Waals surface area (Å²) in [5.74, 6) is -1.66. The number of amides is 1. The van der Waals surface area contributed by atoms with Gasteiger partial charge < -0.3 is 4.74 Å². The highest BCUT2D eigenvalue weighted by molar-refractivity contribution is 6.03. The summed E-state index contributed by atoms with van der Waals surface area (Å²) < 4.78 is 5.00. The first-order valence-electron chi connectivity index (χ1n) is 7.66. The smallest absolute Gasteiger partial charge is 0.314 e. The van der Waals surface area contributed by atoms with E-state index in [1.54, 1.807) is 13.8 Å². The van der Waals surface area contributed by atoms with Crippen LogP contribution < -0.4 is 5.43 Å². The van der Waals surface area contributed by atoms with Crippen molar-refractivity contribution in [2.45, 2.75) is 33.6 Å². The third kappa shape index (κ3) is 5.15. The van der Waals surface area contributed by atoms with Crippen LogP contribution >= 0.6 is 0 Å². The van der Waals surface area contributed by atoms with Crippen molar-refractivity contribution in [1.29, 1.82) is 0 Å². The van der Waals surface area contributed by atoms with Crippen molar-refractivity contribution >= 4 is 23.3 Å². The number of benzene rings is 1. The molecular formula is C16H21N3O5. The second kappa shape index (κ2) is 9.39. The van der Waals surface area contributed by atoms with Crippen molar-refractivity contribution in [2.75, 3.05) is 6.61 Å². The molecular weight excluding hydrogens is 314 g/mol. The third-order valence-corrected chi connectivity index (χ3v) is 3.33. The van der Waals surface area contributed by atoms with Gasteiger partial charge in [0, 0.05) is 11.8 Å². The summed E-state index contributed by atoms with van der Waals surface area (Å²) in [5, 5.41) is 14.9. The number of hydrogen-bond acceptors (Lipinski definition) is 6. The van der Waals surface area contributed by atoms with Crippen LogP contribution in [0.4, 0.5) is 5.69 Å². The molecule has 0 aliphatic heterocycles. The molecule has 1 N–H and O–H groups in total. The normalized spacial score (nSPS) is 12.4. The fourth-order valence-electron chi connectivity index (χ4n) is 2.13. The number of para-hydroxylation sites is 1. The van der Waals surface area contributed by atoms with Crippen LogP contribution in [-0.2, 0) is 9.53 Å². The summed E-state index contributed by atoms with van der Waals surface area (Å²) >= 11 is 0. The standard InChI is InChI=1S/C16H21N3O5/c1-4-8-12(16(21)24-5-2)11(3)17-18-15(20)13-9-6-7-10-14(13)19(22)23/h6-7,9-10,12H,4-5,8H2,1-3H3,(H,18,20)/t12-/m0/s1. The Balaban J connectivity index is 2.91. The molecule has 0 radical (unpaired) electrons. The van der Waals surface area contributed by atoms with E-state index in [4.69, 9.17) is 4.74 Å². The van der Waals surface area contributed by atoms with E-state index in [0.29, 0.717) is 12.1 Å². The number of nitrogens with one attached hydrogen (secondary N) is 1. The fourth-order valence-corrected chi connectivity index (χ4v) is 2.13. The molecule has 1 amide bonds. The number of esters is 1. The third-order valence-electron chi connectivity index (χ3n) is 3.33. The molecule has 0 aromatic heterocycles. The molecule has 1 aromatic rings. The molecule has 0 saturated heterocycles. The first-order chi connectivity index (χ1) is 11.4. The second-order valence-corrected chi connectivity index (χ2v) is 5.06. The molecule has 130 valence electrons. The van der Waals surface area contributed by atoms with Crippen molar-refractivity contribution < 1.29 is 19.2 Å². The number of carbonyl (C=O) groups excluding carboxylic acids is 2. The van der Waals surface area contributed by atoms with E-state index in [1.165, 1.54) is 24.3 Å². The molecule has 0 aliphatic carbocycles. The summed E-state index contributed by atoms with van der Waals surface area (Å²) in [7, 11) is 0. The van der Waals surface area contributed by atoms with Crippen LogP contribution in [0.25, 0.3) is 0 Å². The molecule has 0 fully saturated rings. The first kappa shape index (κ1) is 19.3. The number of nitro benzene ring substituents is 1. The molecule has 1 rings (SSSR count). The zero-order chi connectivity index (χ0) is 18.1. The molecule has 8 nitrogen and oxygen atoms in total. The maximum atomic E-state index is 12.1. The molecule has 0 saturated carbocycles. The average Bonchev–Trinajstić information content (AvgIpc) is 2.57. The van der Waals surface area contributed by atoms with Gasteiger partial charge in [-0.3, -0.25) is 19.7 Å². The highest BCUT2D eigenvalue weighted by Gasteiger charge is 2.23. The molecule has 0 unspecified atom stereocenters. The number of carbonyl (C=O) groups is 2. The van der Waals surface area contributed by atoms with Gasteiger partial charge in [0.05, 0.1) is 17.4 Å². The summed E-state index contributed by atoms with van der Waals surface area (Å²) in [6.07, 6.45) is 1.28. The SMILES string of the molecule is CCC[C@H](C(=O)OCC)C(C)=NNC(=O)c1ccccc1[N+](=O)[O-]. The minimum Gasteiger partial charge on any atom is -0.465 e. The molecule has 0 heterocycles. The van der Waals surface area contributed by atoms with Gasteiger partial charge in [0.1, 0.15) is 5.56 Å². The number of nitro groups is 1. The highest BCUT2D eigenvalue weighted by Crippen LogP contribution is 2.17. The van der Waals surface area contributed by atoms with Gasteiger partial charge in [0.25, 0.3) is 11.6 Å². The van der Waals surface area contributed by atoms with Gasteiger partial charge in [-0.2, -0.15) is 5.10 Å². The lowest BCUT2D eigenvalue weighted by Crippen LogP contribution is -2.28. The van der Waals surface area contributed by atoms with Gasteiger partial charge in [-0.1, -0.05) is 25.5 Å². The Morgan fingerprint density at radius 3 is 2.58 bits per heavy atom. The largest absolute Gasteiger partial charge is 0.465 e. The minimum atomic E-state index is -0.708. The molecule has 0 aliphatic rings. The molecule has 0 spiro atoms. The Kier molecular flexibility index (Phi) is 7.54. The highest BCUT2D eigenvalue weighted by atomic mass is 16.6. The van der Waals surface area contributed by atoms with Crippen molar-refractivity contribution in [3.05, 3.63) is 39.9 Å². The van der Waals surface area contributed by atoms with Crippen molar-refractivity contribution in [1.82, 2.24) is 5.43 Å². The van der Waals surface area contributed by atoms with Gasteiger partial charge in [0.15, 0.2) is 0 Å². The van der Waals surface area contributed by atoms with Crippen molar-refractivity contribution in [2.24, 2.45) is 11.0 Å². The Morgan fingerprint density at radius 1 is 1.33 bits per heavy atom. The lowest BCUT2D eigenvalue weighted by Gasteiger charge is -2.14. The summed E-state index contributed by atoms with van der Waals surface area (Å²) in [4.78, 5) is 34.4. The second-order valence-electron chi connectivity index (χ2n) is 5.06. The van der Waals surface area contributed by atoms with Gasteiger partial charge in [-0.25, -0.2) is 5.43 Å². The van der Waals surface area contributed by atoms with E-state index in [-0.39, 0.29) is 17.9 Å². The van der Waals surface area contributed by atoms with E-state index >= 15 is 0 Å². The monoisotopic (exact) mass is 335 g/mol. The fraction of sp³-hybridized carbons (Fsp3) is 0.438. The predicted octanol–water partition coefficient (Wildman–Crippen LogP) is 2.68. The zero-order valence-corrected chi connectivity index (χ0v) is 13.9. The molecule has 24 heavy (non-hydrogen) atoms. The Morgan fingerprint density at radius 2 is 2.00 bits per heavy atom. The maximum absolute atomic E-state index is 12.1. The van der Waals surface area contributed by atoms with Gasteiger partial charge in [-0.15, -0.1) is 0 Å². The van der Waals surface area contributed by atoms with Gasteiger partial charge in [0.2, 0.25) is 0 Å². The van der Waals surface area contributed by atoms with E-state index in [1.807, 2.05) is 6.92 Å². The predicted molar refractivity (Wildman–Crippen MR) is 88.7 cm³/mol. The molecule has 1 atom stereocenters. The van der Waals surface area contributed by atoms with Crippen LogP contribution in [-0.4, -0.2) is 29.1 Å². The number of hydrogen-bond donors (Lipinski definition) is 1. The number of nitrogens with zero attached hydrogens (tertiary/aromatic N) is 2. The lowest BCUT2D eigenvalue weighted by atomic mass is 9.99. The van der Waals surface area contributed by atoms with E-state index in [0.717, 1.165) is 6.42 Å². The summed E-state index contributed by atoms with van der Waals surface area (Å²) in [6.45, 7) is 5.50. The van der Waals surface area contributed by atoms with E-state index < -0.39 is 22.7 Å². The minimum absolute atomic E-state index is 0.0952. The molecule has 8 heteroatoms. The summed E-state index contributed by atoms with van der Waals surface area (Å²) in [6, 6.07) is 5.58. The Hall–Kier alpha value is -2.77. The Labute approximate surface area is 140 Å². The van der Waals surface area contributed by atoms with Crippen molar-refractivity contribution in [3.63, 3.8) is 0 Å². The van der Waals surface area contributed by atoms with Crippen LogP contribution in [0, 0.1) is 16.0 Å². The van der Waals surface area contributed by atoms with Gasteiger partial charge >= 0.3 is 5.97 Å². The Bertz CT molecular complexity index is 642. The molecule has 1 aromatic carbocycles. The first-order valence-corrected chi connectivity index (χ1v) is 7.66. The topological polar surface area (TPSA) is 111 Å². The number of ether oxygens (including phenoxy) is 1. The van der Waals surface area contributed by atoms with Crippen LogP contribution in [0.3, 0.4) is 0 Å². The maximum Gasteiger partial charge on any atom is 0.314 e. The lowest BCUT2D eigenvalue weighted by molar-refractivity contribution is -0.385. The van der Waals surface area contributed by atoms with Crippen LogP contribution in [0.15, 0.2) is 29.4 Å². The quantitative estimate of drug-likeness (QED) is 0.340. The van der Waals surface area contributed by atoms with Gasteiger partial charge in [-0.05, 0) is 26.3 Å². The average molecular weight is 335 g/mol. The van der Waals surface area contributed by atoms with Crippen LogP contribution in [0.2, 0.25) is 0 Å². The summed E-state index contributed by atoms with van der Waals surface area (Å²) in [5.41, 5.74) is 2.26. The molecule has 0 bridgehead atoms. The van der Waals surface area contributed by atoms with Crippen molar-refractivity contribution in [3.8, 4) is 0 Å². The number of rotatable bonds is 8. The van der Waals surface area contributed by atoms with E-state index in [9.17, 15) is 19.7 Å². The van der Waals surface area contributed by atoms with E-state index in [2.05, 4.69) is 10.5 Å². The van der Waals surface area contributed by atoms with Crippen LogP contribution in [0.5, 0.6) is 0 Å².